The van der Waals surface area contributed by atoms with Crippen LogP contribution >= 0.6 is 0 Å². The van der Waals surface area contributed by atoms with Crippen molar-refractivity contribution in [3.63, 3.8) is 0 Å². The molecule has 0 heterocycles. The molecule has 13 heavy (non-hydrogen) atoms. The summed E-state index contributed by atoms with van der Waals surface area (Å²) >= 11 is 0. The van der Waals surface area contributed by atoms with E-state index in [-0.39, 0.29) is 6.54 Å². The monoisotopic (exact) mass is 187 g/mol. The summed E-state index contributed by atoms with van der Waals surface area (Å²) in [5.41, 5.74) is 4.69. The standard InChI is InChI=1S/C9H8F3N/c10-7-3-4-8(11)9(12)6(7)2-1-5-13/h1-4H,5,13H2. The van der Waals surface area contributed by atoms with E-state index >= 15 is 0 Å². The summed E-state index contributed by atoms with van der Waals surface area (Å²) in [5.74, 6) is -3.06. The zero-order chi connectivity index (χ0) is 9.84. The van der Waals surface area contributed by atoms with E-state index < -0.39 is 23.0 Å². The molecule has 70 valence electrons. The molecule has 0 saturated heterocycles. The van der Waals surface area contributed by atoms with Crippen molar-refractivity contribution < 1.29 is 13.2 Å². The molecule has 0 fully saturated rings. The molecule has 0 aliphatic heterocycles. The molecular weight excluding hydrogens is 179 g/mol. The fourth-order valence-corrected chi connectivity index (χ4v) is 0.881. The van der Waals surface area contributed by atoms with Gasteiger partial charge in [0, 0.05) is 12.1 Å². The first-order valence-corrected chi connectivity index (χ1v) is 3.67. The number of hydrogen-bond acceptors (Lipinski definition) is 1. The average Bonchev–Trinajstić information content (AvgIpc) is 2.12. The van der Waals surface area contributed by atoms with E-state index in [4.69, 9.17) is 5.73 Å². The van der Waals surface area contributed by atoms with Crippen LogP contribution in [0.5, 0.6) is 0 Å². The Morgan fingerprint density at radius 3 is 2.38 bits per heavy atom. The lowest BCUT2D eigenvalue weighted by molar-refractivity contribution is 0.492. The molecule has 0 aliphatic rings. The minimum atomic E-state index is -1.19. The fraction of sp³-hybridized carbons (Fsp3) is 0.111. The molecule has 0 saturated carbocycles. The Hall–Kier alpha value is -1.29. The van der Waals surface area contributed by atoms with Crippen molar-refractivity contribution in [1.82, 2.24) is 0 Å². The van der Waals surface area contributed by atoms with Crippen LogP contribution in [0.15, 0.2) is 18.2 Å². The third kappa shape index (κ3) is 2.09. The SMILES string of the molecule is NCC=Cc1c(F)ccc(F)c1F. The second-order valence-corrected chi connectivity index (χ2v) is 2.39. The van der Waals surface area contributed by atoms with Crippen molar-refractivity contribution in [2.24, 2.45) is 5.73 Å². The van der Waals surface area contributed by atoms with Crippen LogP contribution in [-0.2, 0) is 0 Å². The lowest BCUT2D eigenvalue weighted by Crippen LogP contribution is -1.96. The van der Waals surface area contributed by atoms with Crippen molar-refractivity contribution in [2.75, 3.05) is 6.54 Å². The molecule has 1 aromatic carbocycles. The summed E-state index contributed by atoms with van der Waals surface area (Å²) in [7, 11) is 0. The largest absolute Gasteiger partial charge is 0.327 e. The summed E-state index contributed by atoms with van der Waals surface area (Å²) in [6.45, 7) is 0.148. The quantitative estimate of drug-likeness (QED) is 0.705. The maximum absolute atomic E-state index is 12.9. The van der Waals surface area contributed by atoms with Gasteiger partial charge in [-0.05, 0) is 12.1 Å². The molecule has 1 rings (SSSR count). The Morgan fingerprint density at radius 1 is 1.15 bits per heavy atom. The van der Waals surface area contributed by atoms with Gasteiger partial charge in [-0.1, -0.05) is 12.2 Å². The minimum absolute atomic E-state index is 0.148. The number of halogens is 3. The topological polar surface area (TPSA) is 26.0 Å². The van der Waals surface area contributed by atoms with Crippen LogP contribution in [0, 0.1) is 17.5 Å². The second-order valence-electron chi connectivity index (χ2n) is 2.39. The zero-order valence-electron chi connectivity index (χ0n) is 6.73. The highest BCUT2D eigenvalue weighted by atomic mass is 19.2. The van der Waals surface area contributed by atoms with Crippen LogP contribution < -0.4 is 5.73 Å². The highest BCUT2D eigenvalue weighted by Gasteiger charge is 2.10. The van der Waals surface area contributed by atoms with Crippen LogP contribution in [0.25, 0.3) is 6.08 Å². The van der Waals surface area contributed by atoms with Gasteiger partial charge < -0.3 is 5.73 Å². The smallest absolute Gasteiger partial charge is 0.168 e. The zero-order valence-corrected chi connectivity index (χ0v) is 6.73. The Bertz CT molecular complexity index is 334. The van der Waals surface area contributed by atoms with Gasteiger partial charge in [0.05, 0.1) is 0 Å². The van der Waals surface area contributed by atoms with E-state index in [1.54, 1.807) is 0 Å². The molecule has 0 spiro atoms. The van der Waals surface area contributed by atoms with Gasteiger partial charge in [-0.3, -0.25) is 0 Å². The van der Waals surface area contributed by atoms with E-state index in [1.165, 1.54) is 6.08 Å². The Morgan fingerprint density at radius 2 is 1.77 bits per heavy atom. The predicted molar refractivity (Wildman–Crippen MR) is 44.4 cm³/mol. The minimum Gasteiger partial charge on any atom is -0.327 e. The first-order chi connectivity index (χ1) is 6.16. The Labute approximate surface area is 73.7 Å². The van der Waals surface area contributed by atoms with Crippen molar-refractivity contribution in [3.8, 4) is 0 Å². The molecule has 1 nitrogen and oxygen atoms in total. The molecule has 0 radical (unpaired) electrons. The summed E-state index contributed by atoms with van der Waals surface area (Å²) in [6.07, 6.45) is 2.47. The maximum atomic E-state index is 12.9. The van der Waals surface area contributed by atoms with Gasteiger partial charge in [-0.25, -0.2) is 13.2 Å². The summed E-state index contributed by atoms with van der Waals surface area (Å²) in [6, 6.07) is 1.61. The molecule has 0 aromatic heterocycles. The van der Waals surface area contributed by atoms with E-state index in [2.05, 4.69) is 0 Å². The second kappa shape index (κ2) is 4.09. The van der Waals surface area contributed by atoms with E-state index in [9.17, 15) is 13.2 Å². The first kappa shape index (κ1) is 9.80. The molecule has 0 atom stereocenters. The lowest BCUT2D eigenvalue weighted by Gasteiger charge is -1.99. The van der Waals surface area contributed by atoms with Gasteiger partial charge in [-0.2, -0.15) is 0 Å². The lowest BCUT2D eigenvalue weighted by atomic mass is 10.2. The number of benzene rings is 1. The highest BCUT2D eigenvalue weighted by Crippen LogP contribution is 2.16. The molecule has 1 aromatic rings. The van der Waals surface area contributed by atoms with E-state index in [1.807, 2.05) is 0 Å². The van der Waals surface area contributed by atoms with Crippen molar-refractivity contribution >= 4 is 6.08 Å². The number of hydrogen-bond donors (Lipinski definition) is 1. The Balaban J connectivity index is 3.17. The third-order valence-electron chi connectivity index (χ3n) is 1.50. The number of nitrogens with two attached hydrogens (primary N) is 1. The van der Waals surface area contributed by atoms with Crippen molar-refractivity contribution in [2.45, 2.75) is 0 Å². The summed E-state index contributed by atoms with van der Waals surface area (Å²) in [5, 5.41) is 0. The third-order valence-corrected chi connectivity index (χ3v) is 1.50. The number of rotatable bonds is 2. The van der Waals surface area contributed by atoms with Gasteiger partial charge in [0.15, 0.2) is 11.6 Å². The molecule has 4 heteroatoms. The predicted octanol–water partition coefficient (Wildman–Crippen LogP) is 2.08. The molecule has 0 unspecified atom stereocenters. The van der Waals surface area contributed by atoms with Gasteiger partial charge in [0.25, 0.3) is 0 Å². The van der Waals surface area contributed by atoms with Crippen LogP contribution in [0.1, 0.15) is 5.56 Å². The van der Waals surface area contributed by atoms with Crippen LogP contribution in [0.3, 0.4) is 0 Å². The van der Waals surface area contributed by atoms with Gasteiger partial charge in [-0.15, -0.1) is 0 Å². The Kier molecular flexibility index (Phi) is 3.08. The molecule has 0 amide bonds. The fourth-order valence-electron chi connectivity index (χ4n) is 0.881. The molecule has 2 N–H and O–H groups in total. The first-order valence-electron chi connectivity index (χ1n) is 3.67. The summed E-state index contributed by atoms with van der Waals surface area (Å²) < 4.78 is 38.3. The average molecular weight is 187 g/mol. The van der Waals surface area contributed by atoms with Gasteiger partial charge in [0.1, 0.15) is 5.82 Å². The van der Waals surface area contributed by atoms with Crippen LogP contribution in [0.2, 0.25) is 0 Å². The van der Waals surface area contributed by atoms with Crippen molar-refractivity contribution in [3.05, 3.63) is 41.2 Å². The van der Waals surface area contributed by atoms with E-state index in [0.29, 0.717) is 0 Å². The summed E-state index contributed by atoms with van der Waals surface area (Å²) in [4.78, 5) is 0. The van der Waals surface area contributed by atoms with Gasteiger partial charge >= 0.3 is 0 Å². The van der Waals surface area contributed by atoms with Gasteiger partial charge in [0.2, 0.25) is 0 Å². The molecular formula is C9H8F3N. The van der Waals surface area contributed by atoms with Crippen LogP contribution in [-0.4, -0.2) is 6.54 Å². The van der Waals surface area contributed by atoms with E-state index in [0.717, 1.165) is 18.2 Å². The molecule has 0 aliphatic carbocycles. The molecule has 0 bridgehead atoms. The van der Waals surface area contributed by atoms with Crippen LogP contribution in [0.4, 0.5) is 13.2 Å². The normalized spacial score (nSPS) is 11.1. The van der Waals surface area contributed by atoms with Crippen molar-refractivity contribution in [1.29, 1.82) is 0 Å². The maximum Gasteiger partial charge on any atom is 0.168 e. The highest BCUT2D eigenvalue weighted by molar-refractivity contribution is 5.51.